The molecule has 2 aromatic heterocycles. The van der Waals surface area contributed by atoms with E-state index in [2.05, 4.69) is 15.3 Å². The summed E-state index contributed by atoms with van der Waals surface area (Å²) in [6.07, 6.45) is 4.82. The largest absolute Gasteiger partial charge is 0.322 e. The molecule has 1 aliphatic heterocycles. The molecular formula is C20H16N4O2S. The molecule has 0 saturated heterocycles. The Morgan fingerprint density at radius 3 is 2.81 bits per heavy atom. The van der Waals surface area contributed by atoms with E-state index in [1.807, 2.05) is 19.1 Å². The average molecular weight is 376 g/mol. The van der Waals surface area contributed by atoms with Crippen molar-refractivity contribution in [2.45, 2.75) is 16.8 Å². The average Bonchev–Trinajstić information content (AvgIpc) is 2.82. The molecule has 1 N–H and O–H groups in total. The van der Waals surface area contributed by atoms with Crippen LogP contribution in [-0.4, -0.2) is 28.3 Å². The van der Waals surface area contributed by atoms with Crippen molar-refractivity contribution in [1.29, 1.82) is 0 Å². The number of rotatable bonds is 3. The molecule has 2 amide bonds. The van der Waals surface area contributed by atoms with E-state index >= 15 is 0 Å². The van der Waals surface area contributed by atoms with Gasteiger partial charge in [-0.3, -0.25) is 14.6 Å². The topological polar surface area (TPSA) is 75.2 Å². The van der Waals surface area contributed by atoms with Crippen LogP contribution in [0.2, 0.25) is 0 Å². The Morgan fingerprint density at radius 2 is 2.04 bits per heavy atom. The highest BCUT2D eigenvalue weighted by Crippen LogP contribution is 2.41. The normalized spacial score (nSPS) is 12.8. The highest BCUT2D eigenvalue weighted by atomic mass is 32.2. The van der Waals surface area contributed by atoms with Crippen LogP contribution in [0.4, 0.5) is 11.4 Å². The fourth-order valence-electron chi connectivity index (χ4n) is 2.90. The molecule has 3 aromatic rings. The molecule has 134 valence electrons. The molecule has 0 bridgehead atoms. The fraction of sp³-hybridized carbons (Fsp3) is 0.100. The molecule has 0 atom stereocenters. The standard InChI is InChI=1S/C20H16N4O2S/c1-2-24-16-8-7-14(23-18(25)13-5-3-9-21-12-13)11-17(16)27-19-15(20(24)26)6-4-10-22-19/h3-12H,2H2,1H3,(H,23,25). The second-order valence-corrected chi connectivity index (χ2v) is 6.92. The summed E-state index contributed by atoms with van der Waals surface area (Å²) < 4.78 is 0. The number of hydrogen-bond donors (Lipinski definition) is 1. The zero-order chi connectivity index (χ0) is 18.8. The van der Waals surface area contributed by atoms with Crippen LogP contribution in [0.5, 0.6) is 0 Å². The number of carbonyl (C=O) groups is 2. The smallest absolute Gasteiger partial charge is 0.261 e. The van der Waals surface area contributed by atoms with E-state index in [1.54, 1.807) is 47.6 Å². The van der Waals surface area contributed by atoms with E-state index < -0.39 is 0 Å². The van der Waals surface area contributed by atoms with Crippen molar-refractivity contribution in [2.75, 3.05) is 16.8 Å². The first kappa shape index (κ1) is 17.2. The van der Waals surface area contributed by atoms with Crippen LogP contribution in [0.25, 0.3) is 0 Å². The molecule has 3 heterocycles. The molecule has 1 aliphatic rings. The number of benzene rings is 1. The monoisotopic (exact) mass is 376 g/mol. The van der Waals surface area contributed by atoms with Crippen LogP contribution in [0, 0.1) is 0 Å². The summed E-state index contributed by atoms with van der Waals surface area (Å²) in [6, 6.07) is 12.5. The van der Waals surface area contributed by atoms with Gasteiger partial charge in [-0.2, -0.15) is 0 Å². The van der Waals surface area contributed by atoms with Gasteiger partial charge in [0.05, 0.1) is 16.8 Å². The Hall–Kier alpha value is -3.19. The summed E-state index contributed by atoms with van der Waals surface area (Å²) in [4.78, 5) is 36.2. The molecule has 0 spiro atoms. The second kappa shape index (κ2) is 7.20. The molecule has 4 rings (SSSR count). The van der Waals surface area contributed by atoms with Crippen LogP contribution in [0.15, 0.2) is 71.0 Å². The van der Waals surface area contributed by atoms with Gasteiger partial charge in [0.1, 0.15) is 5.03 Å². The quantitative estimate of drug-likeness (QED) is 0.751. The molecule has 27 heavy (non-hydrogen) atoms. The van der Waals surface area contributed by atoms with Crippen molar-refractivity contribution in [3.8, 4) is 0 Å². The van der Waals surface area contributed by atoms with Gasteiger partial charge in [0.2, 0.25) is 0 Å². The summed E-state index contributed by atoms with van der Waals surface area (Å²) in [6.45, 7) is 2.48. The number of fused-ring (bicyclic) bond motifs is 2. The Balaban J connectivity index is 1.70. The molecule has 0 saturated carbocycles. The van der Waals surface area contributed by atoms with Gasteiger partial charge in [-0.1, -0.05) is 11.8 Å². The van der Waals surface area contributed by atoms with Crippen molar-refractivity contribution in [2.24, 2.45) is 0 Å². The van der Waals surface area contributed by atoms with Gasteiger partial charge < -0.3 is 10.2 Å². The SMILES string of the molecule is CCN1C(=O)c2cccnc2Sc2cc(NC(=O)c3cccnc3)ccc21. The van der Waals surface area contributed by atoms with Gasteiger partial charge in [0.25, 0.3) is 11.8 Å². The summed E-state index contributed by atoms with van der Waals surface area (Å²) in [5, 5.41) is 3.54. The van der Waals surface area contributed by atoms with Crippen molar-refractivity contribution in [3.05, 3.63) is 72.2 Å². The van der Waals surface area contributed by atoms with Gasteiger partial charge in [0.15, 0.2) is 0 Å². The minimum Gasteiger partial charge on any atom is -0.322 e. The van der Waals surface area contributed by atoms with E-state index in [9.17, 15) is 9.59 Å². The molecule has 1 aromatic carbocycles. The van der Waals surface area contributed by atoms with Gasteiger partial charge in [0, 0.05) is 35.7 Å². The summed E-state index contributed by atoms with van der Waals surface area (Å²) >= 11 is 1.43. The van der Waals surface area contributed by atoms with Crippen LogP contribution in [0.1, 0.15) is 27.6 Å². The van der Waals surface area contributed by atoms with Crippen molar-refractivity contribution >= 4 is 35.0 Å². The lowest BCUT2D eigenvalue weighted by Gasteiger charge is -2.21. The zero-order valence-corrected chi connectivity index (χ0v) is 15.4. The summed E-state index contributed by atoms with van der Waals surface area (Å²) in [5.41, 5.74) is 2.53. The van der Waals surface area contributed by atoms with Gasteiger partial charge in [-0.05, 0) is 49.4 Å². The molecule has 0 radical (unpaired) electrons. The summed E-state index contributed by atoms with van der Waals surface area (Å²) in [7, 11) is 0. The number of pyridine rings is 2. The Labute approximate surface area is 160 Å². The molecule has 7 heteroatoms. The van der Waals surface area contributed by atoms with Gasteiger partial charge >= 0.3 is 0 Å². The van der Waals surface area contributed by atoms with E-state index in [-0.39, 0.29) is 11.8 Å². The number of anilines is 2. The number of aromatic nitrogens is 2. The second-order valence-electron chi connectivity index (χ2n) is 5.89. The minimum atomic E-state index is -0.233. The molecule has 0 unspecified atom stereocenters. The predicted molar refractivity (Wildman–Crippen MR) is 104 cm³/mol. The van der Waals surface area contributed by atoms with Crippen molar-refractivity contribution in [1.82, 2.24) is 9.97 Å². The highest BCUT2D eigenvalue weighted by Gasteiger charge is 2.27. The van der Waals surface area contributed by atoms with Crippen molar-refractivity contribution in [3.63, 3.8) is 0 Å². The minimum absolute atomic E-state index is 0.0704. The van der Waals surface area contributed by atoms with E-state index in [4.69, 9.17) is 0 Å². The maximum atomic E-state index is 12.9. The summed E-state index contributed by atoms with van der Waals surface area (Å²) in [5.74, 6) is -0.303. The number of nitrogens with zero attached hydrogens (tertiary/aromatic N) is 3. The number of nitrogens with one attached hydrogen (secondary N) is 1. The van der Waals surface area contributed by atoms with E-state index in [0.717, 1.165) is 10.6 Å². The zero-order valence-electron chi connectivity index (χ0n) is 14.5. The lowest BCUT2D eigenvalue weighted by Crippen LogP contribution is -2.30. The fourth-order valence-corrected chi connectivity index (χ4v) is 3.96. The Morgan fingerprint density at radius 1 is 1.19 bits per heavy atom. The maximum Gasteiger partial charge on any atom is 0.261 e. The molecule has 6 nitrogen and oxygen atoms in total. The highest BCUT2D eigenvalue weighted by molar-refractivity contribution is 7.99. The van der Waals surface area contributed by atoms with E-state index in [0.29, 0.717) is 28.4 Å². The Kier molecular flexibility index (Phi) is 4.60. The van der Waals surface area contributed by atoms with Crippen LogP contribution in [-0.2, 0) is 0 Å². The molecule has 0 fully saturated rings. The third-order valence-electron chi connectivity index (χ3n) is 4.20. The number of carbonyl (C=O) groups excluding carboxylic acids is 2. The molecular weight excluding hydrogens is 360 g/mol. The maximum absolute atomic E-state index is 12.9. The third kappa shape index (κ3) is 3.29. The van der Waals surface area contributed by atoms with E-state index in [1.165, 1.54) is 18.0 Å². The van der Waals surface area contributed by atoms with Crippen molar-refractivity contribution < 1.29 is 9.59 Å². The lowest BCUT2D eigenvalue weighted by atomic mass is 10.2. The van der Waals surface area contributed by atoms with Crippen LogP contribution >= 0.6 is 11.8 Å². The Bertz CT molecular complexity index is 1020. The first-order valence-corrected chi connectivity index (χ1v) is 9.29. The number of amides is 2. The van der Waals surface area contributed by atoms with Gasteiger partial charge in [-0.25, -0.2) is 4.98 Å². The van der Waals surface area contributed by atoms with Gasteiger partial charge in [-0.15, -0.1) is 0 Å². The van der Waals surface area contributed by atoms with Crippen LogP contribution in [0.3, 0.4) is 0 Å². The first-order valence-electron chi connectivity index (χ1n) is 8.47. The lowest BCUT2D eigenvalue weighted by molar-refractivity contribution is 0.0983. The third-order valence-corrected chi connectivity index (χ3v) is 5.27. The first-order chi connectivity index (χ1) is 13.2. The van der Waals surface area contributed by atoms with Crippen LogP contribution < -0.4 is 10.2 Å². The molecule has 0 aliphatic carbocycles. The predicted octanol–water partition coefficient (Wildman–Crippen LogP) is 3.86. The number of hydrogen-bond acceptors (Lipinski definition) is 5.